The number of amides is 1. The summed E-state index contributed by atoms with van der Waals surface area (Å²) < 4.78 is 36.5. The van der Waals surface area contributed by atoms with Crippen LogP contribution < -0.4 is 10.6 Å². The van der Waals surface area contributed by atoms with E-state index < -0.39 is 21.6 Å². The Morgan fingerprint density at radius 3 is 2.50 bits per heavy atom. The molecule has 0 atom stereocenters. The summed E-state index contributed by atoms with van der Waals surface area (Å²) in [5, 5.41) is 5.42. The fraction of sp³-hybridized carbons (Fsp3) is 0.308. The number of nitrogens with one attached hydrogen (secondary N) is 2. The van der Waals surface area contributed by atoms with Crippen molar-refractivity contribution < 1.29 is 17.6 Å². The minimum Gasteiger partial charge on any atom is -0.320 e. The topological polar surface area (TPSA) is 75.3 Å². The zero-order valence-corrected chi connectivity index (χ0v) is 12.0. The number of benzene rings is 1. The monoisotopic (exact) mass is 298 g/mol. The number of hydrogen-bond acceptors (Lipinski definition) is 4. The van der Waals surface area contributed by atoms with Crippen LogP contribution in [0.3, 0.4) is 0 Å². The lowest BCUT2D eigenvalue weighted by molar-refractivity contribution is -0.112. The van der Waals surface area contributed by atoms with Gasteiger partial charge in [-0.1, -0.05) is 0 Å². The van der Waals surface area contributed by atoms with Crippen LogP contribution in [-0.4, -0.2) is 33.7 Å². The summed E-state index contributed by atoms with van der Waals surface area (Å²) in [4.78, 5) is 11.9. The van der Waals surface area contributed by atoms with Gasteiger partial charge in [-0.25, -0.2) is 12.8 Å². The molecule has 5 nitrogen and oxygen atoms in total. The molecule has 0 radical (unpaired) electrons. The van der Waals surface area contributed by atoms with Crippen LogP contribution in [0.2, 0.25) is 0 Å². The van der Waals surface area contributed by atoms with E-state index in [1.165, 1.54) is 6.07 Å². The Morgan fingerprint density at radius 1 is 1.35 bits per heavy atom. The average molecular weight is 298 g/mol. The highest BCUT2D eigenvalue weighted by Gasteiger charge is 2.18. The summed E-state index contributed by atoms with van der Waals surface area (Å²) >= 11 is 0. The standard InChI is InChI=1S/C13H15FN2O3S/c1-8(9-6-15-7-9)13(17)16-12-5-10(20(2,18)19)3-4-11(12)14/h3-5,15H,6-7H2,1-2H3,(H,16,17). The van der Waals surface area contributed by atoms with Crippen LogP contribution in [0.5, 0.6) is 0 Å². The fourth-order valence-electron chi connectivity index (χ4n) is 1.72. The molecule has 0 bridgehead atoms. The van der Waals surface area contributed by atoms with Gasteiger partial charge in [-0.15, -0.1) is 0 Å². The lowest BCUT2D eigenvalue weighted by atomic mass is 10.0. The van der Waals surface area contributed by atoms with Crippen molar-refractivity contribution in [3.63, 3.8) is 0 Å². The second kappa shape index (κ2) is 5.34. The Balaban J connectivity index is 2.27. The van der Waals surface area contributed by atoms with E-state index in [1.54, 1.807) is 6.92 Å². The Hall–Kier alpha value is -1.73. The molecule has 1 fully saturated rings. The van der Waals surface area contributed by atoms with Gasteiger partial charge in [0.25, 0.3) is 5.91 Å². The van der Waals surface area contributed by atoms with Gasteiger partial charge in [-0.3, -0.25) is 4.79 Å². The third-order valence-corrected chi connectivity index (χ3v) is 4.27. The zero-order chi connectivity index (χ0) is 14.9. The molecule has 20 heavy (non-hydrogen) atoms. The lowest BCUT2D eigenvalue weighted by Crippen LogP contribution is -2.36. The molecule has 0 saturated carbocycles. The molecule has 1 heterocycles. The SMILES string of the molecule is CC(C(=O)Nc1cc(S(C)(=O)=O)ccc1F)=C1CNC1. The maximum atomic E-state index is 13.6. The van der Waals surface area contributed by atoms with Gasteiger partial charge in [0, 0.05) is 24.9 Å². The second-order valence-electron chi connectivity index (χ2n) is 4.70. The molecule has 108 valence electrons. The van der Waals surface area contributed by atoms with Crippen LogP contribution in [0.1, 0.15) is 6.92 Å². The molecular weight excluding hydrogens is 283 g/mol. The number of carbonyl (C=O) groups excluding carboxylic acids is 1. The number of rotatable bonds is 3. The van der Waals surface area contributed by atoms with Gasteiger partial charge >= 0.3 is 0 Å². The first-order chi connectivity index (χ1) is 9.29. The predicted molar refractivity (Wildman–Crippen MR) is 73.7 cm³/mol. The Bertz CT molecular complexity index is 690. The van der Waals surface area contributed by atoms with Gasteiger partial charge in [0.05, 0.1) is 10.6 Å². The number of anilines is 1. The highest BCUT2D eigenvalue weighted by atomic mass is 32.2. The smallest absolute Gasteiger partial charge is 0.251 e. The summed E-state index contributed by atoms with van der Waals surface area (Å²) in [5.41, 5.74) is 1.35. The van der Waals surface area contributed by atoms with Crippen LogP contribution in [0, 0.1) is 5.82 Å². The highest BCUT2D eigenvalue weighted by molar-refractivity contribution is 7.90. The van der Waals surface area contributed by atoms with E-state index in [0.29, 0.717) is 18.7 Å². The minimum atomic E-state index is -3.45. The molecule has 1 aliphatic heterocycles. The first-order valence-electron chi connectivity index (χ1n) is 5.99. The van der Waals surface area contributed by atoms with Crippen LogP contribution in [0.25, 0.3) is 0 Å². The first-order valence-corrected chi connectivity index (χ1v) is 7.88. The largest absolute Gasteiger partial charge is 0.320 e. The third kappa shape index (κ3) is 3.05. The number of halogens is 1. The molecule has 1 amide bonds. The number of carbonyl (C=O) groups is 1. The van der Waals surface area contributed by atoms with Crippen molar-refractivity contribution in [2.75, 3.05) is 24.7 Å². The molecule has 2 rings (SSSR count). The van der Waals surface area contributed by atoms with Crippen LogP contribution in [0.4, 0.5) is 10.1 Å². The van der Waals surface area contributed by atoms with Crippen LogP contribution in [0.15, 0.2) is 34.2 Å². The highest BCUT2D eigenvalue weighted by Crippen LogP contribution is 2.21. The van der Waals surface area contributed by atoms with Crippen LogP contribution >= 0.6 is 0 Å². The molecule has 0 unspecified atom stereocenters. The summed E-state index contributed by atoms with van der Waals surface area (Å²) in [5.74, 6) is -1.10. The van der Waals surface area contributed by atoms with Gasteiger partial charge in [0.2, 0.25) is 0 Å². The molecule has 0 aliphatic carbocycles. The Kier molecular flexibility index (Phi) is 3.92. The molecule has 1 aliphatic rings. The average Bonchev–Trinajstić information content (AvgIpc) is 2.28. The van der Waals surface area contributed by atoms with Gasteiger partial charge < -0.3 is 10.6 Å². The van der Waals surface area contributed by atoms with E-state index in [9.17, 15) is 17.6 Å². The van der Waals surface area contributed by atoms with E-state index in [2.05, 4.69) is 10.6 Å². The predicted octanol–water partition coefficient (Wildman–Crippen LogP) is 1.09. The molecule has 2 N–H and O–H groups in total. The van der Waals surface area contributed by atoms with E-state index in [0.717, 1.165) is 24.0 Å². The van der Waals surface area contributed by atoms with Gasteiger partial charge in [-0.2, -0.15) is 0 Å². The summed E-state index contributed by atoms with van der Waals surface area (Å²) in [6, 6.07) is 3.32. The maximum absolute atomic E-state index is 13.6. The van der Waals surface area contributed by atoms with Crippen molar-refractivity contribution in [1.29, 1.82) is 0 Å². The van der Waals surface area contributed by atoms with Crippen molar-refractivity contribution >= 4 is 21.4 Å². The molecular formula is C13H15FN2O3S. The molecule has 7 heteroatoms. The zero-order valence-electron chi connectivity index (χ0n) is 11.2. The quantitative estimate of drug-likeness (QED) is 0.647. The Morgan fingerprint density at radius 2 is 2.00 bits per heavy atom. The normalized spacial score (nSPS) is 14.7. The molecule has 0 spiro atoms. The van der Waals surface area contributed by atoms with Crippen molar-refractivity contribution in [1.82, 2.24) is 5.32 Å². The number of sulfone groups is 1. The van der Waals surface area contributed by atoms with Crippen molar-refractivity contribution in [2.45, 2.75) is 11.8 Å². The van der Waals surface area contributed by atoms with Gasteiger partial charge in [0.1, 0.15) is 5.82 Å². The van der Waals surface area contributed by atoms with Crippen molar-refractivity contribution in [3.8, 4) is 0 Å². The van der Waals surface area contributed by atoms with E-state index in [-0.39, 0.29) is 10.6 Å². The third-order valence-electron chi connectivity index (χ3n) is 3.16. The molecule has 1 aromatic rings. The van der Waals surface area contributed by atoms with Crippen molar-refractivity contribution in [3.05, 3.63) is 35.2 Å². The maximum Gasteiger partial charge on any atom is 0.251 e. The number of hydrogen-bond donors (Lipinski definition) is 2. The van der Waals surface area contributed by atoms with Crippen LogP contribution in [-0.2, 0) is 14.6 Å². The lowest BCUT2D eigenvalue weighted by Gasteiger charge is -2.21. The summed E-state index contributed by atoms with van der Waals surface area (Å²) in [6.45, 7) is 2.94. The first kappa shape index (κ1) is 14.7. The summed E-state index contributed by atoms with van der Waals surface area (Å²) in [6.07, 6.45) is 1.03. The summed E-state index contributed by atoms with van der Waals surface area (Å²) in [7, 11) is -3.45. The minimum absolute atomic E-state index is 0.0372. The second-order valence-corrected chi connectivity index (χ2v) is 6.72. The molecule has 1 aromatic carbocycles. The van der Waals surface area contributed by atoms with Gasteiger partial charge in [0.15, 0.2) is 9.84 Å². The Labute approximate surface area is 116 Å². The fourth-order valence-corrected chi connectivity index (χ4v) is 2.37. The van der Waals surface area contributed by atoms with E-state index >= 15 is 0 Å². The van der Waals surface area contributed by atoms with E-state index in [1.807, 2.05) is 0 Å². The molecule has 0 aromatic heterocycles. The van der Waals surface area contributed by atoms with Crippen molar-refractivity contribution in [2.24, 2.45) is 0 Å². The van der Waals surface area contributed by atoms with Gasteiger partial charge in [-0.05, 0) is 30.7 Å². The van der Waals surface area contributed by atoms with E-state index in [4.69, 9.17) is 0 Å². The molecule has 1 saturated heterocycles.